The molecule has 1 aliphatic rings. The van der Waals surface area contributed by atoms with Gasteiger partial charge in [-0.05, 0) is 78.9 Å². The summed E-state index contributed by atoms with van der Waals surface area (Å²) in [4.78, 5) is 30.6. The molecule has 6 nitrogen and oxygen atoms in total. The van der Waals surface area contributed by atoms with Crippen LogP contribution in [0, 0.1) is 0 Å². The number of nitrogens with zero attached hydrogens (tertiary/aromatic N) is 2. The van der Waals surface area contributed by atoms with Crippen molar-refractivity contribution in [1.29, 1.82) is 0 Å². The molecule has 0 radical (unpaired) electrons. The molecule has 4 rings (SSSR count). The van der Waals surface area contributed by atoms with Crippen LogP contribution in [0.15, 0.2) is 76.6 Å². The number of amides is 1. The van der Waals surface area contributed by atoms with Gasteiger partial charge in [0.2, 0.25) is 0 Å². The van der Waals surface area contributed by atoms with E-state index in [9.17, 15) is 9.59 Å². The van der Waals surface area contributed by atoms with Crippen LogP contribution in [0.1, 0.15) is 28.4 Å². The molecule has 1 fully saturated rings. The number of carbonyl (C=O) groups excluding carboxylic acids is 1. The number of carboxylic acid groups (broad SMARTS) is 1. The summed E-state index contributed by atoms with van der Waals surface area (Å²) in [5, 5.41) is 10.7. The molecule has 9 heteroatoms. The van der Waals surface area contributed by atoms with Gasteiger partial charge in [-0.1, -0.05) is 41.4 Å². The summed E-state index contributed by atoms with van der Waals surface area (Å²) in [5.74, 6) is -0.456. The molecular formula is C26H20Cl2N2O4S. The van der Waals surface area contributed by atoms with Gasteiger partial charge in [-0.2, -0.15) is 0 Å². The second-order valence-electron chi connectivity index (χ2n) is 7.50. The molecule has 1 aliphatic heterocycles. The van der Waals surface area contributed by atoms with E-state index in [1.165, 1.54) is 23.9 Å². The molecule has 0 saturated carbocycles. The average molecular weight is 527 g/mol. The number of hydrogen-bond acceptors (Lipinski definition) is 5. The van der Waals surface area contributed by atoms with E-state index in [-0.39, 0.29) is 11.5 Å². The van der Waals surface area contributed by atoms with Crippen molar-refractivity contribution >= 4 is 63.8 Å². The zero-order valence-corrected chi connectivity index (χ0v) is 20.9. The zero-order chi connectivity index (χ0) is 24.9. The van der Waals surface area contributed by atoms with Crippen molar-refractivity contribution in [3.8, 4) is 5.75 Å². The van der Waals surface area contributed by atoms with E-state index < -0.39 is 5.97 Å². The molecule has 3 aromatic carbocycles. The second-order valence-corrected chi connectivity index (χ2v) is 9.35. The van der Waals surface area contributed by atoms with Crippen LogP contribution >= 0.6 is 35.0 Å². The van der Waals surface area contributed by atoms with E-state index in [1.807, 2.05) is 43.3 Å². The van der Waals surface area contributed by atoms with Gasteiger partial charge in [0.25, 0.3) is 5.91 Å². The summed E-state index contributed by atoms with van der Waals surface area (Å²) in [5.41, 5.74) is 2.44. The van der Waals surface area contributed by atoms with Gasteiger partial charge in [0.1, 0.15) is 12.4 Å². The highest BCUT2D eigenvalue weighted by atomic mass is 35.5. The Bertz CT molecular complexity index is 1320. The number of amidine groups is 1. The van der Waals surface area contributed by atoms with Crippen LogP contribution in [0.4, 0.5) is 5.69 Å². The highest BCUT2D eigenvalue weighted by molar-refractivity contribution is 8.18. The maximum atomic E-state index is 12.9. The molecule has 1 N–H and O–H groups in total. The standard InChI is InChI=1S/C26H20Cl2N2O4S/c1-2-30-24(31)23(35-26(30)29-20-9-6-17(7-10-20)25(32)33)13-16-3-11-21(12-4-16)34-15-18-5-8-19(27)14-22(18)28/h3-14H,2,15H2,1H3,(H,32,33)/b23-13+,29-26?. The maximum absolute atomic E-state index is 12.9. The minimum Gasteiger partial charge on any atom is -0.489 e. The van der Waals surface area contributed by atoms with Crippen LogP contribution in [0.25, 0.3) is 6.08 Å². The minimum absolute atomic E-state index is 0.129. The largest absolute Gasteiger partial charge is 0.489 e. The smallest absolute Gasteiger partial charge is 0.335 e. The summed E-state index contributed by atoms with van der Waals surface area (Å²) in [7, 11) is 0. The Morgan fingerprint density at radius 2 is 1.80 bits per heavy atom. The Morgan fingerprint density at radius 1 is 1.09 bits per heavy atom. The van der Waals surface area contributed by atoms with Gasteiger partial charge >= 0.3 is 5.97 Å². The lowest BCUT2D eigenvalue weighted by Crippen LogP contribution is -2.28. The van der Waals surface area contributed by atoms with Crippen molar-refractivity contribution < 1.29 is 19.4 Å². The SMILES string of the molecule is CCN1C(=O)/C(=C\c2ccc(OCc3ccc(Cl)cc3Cl)cc2)SC1=Nc1ccc(C(=O)O)cc1. The maximum Gasteiger partial charge on any atom is 0.335 e. The number of benzene rings is 3. The van der Waals surface area contributed by atoms with Crippen molar-refractivity contribution in [2.24, 2.45) is 4.99 Å². The van der Waals surface area contributed by atoms with Gasteiger partial charge in [-0.15, -0.1) is 0 Å². The number of aliphatic imine (C=N–C) groups is 1. The summed E-state index contributed by atoms with van der Waals surface area (Å²) in [6.07, 6.45) is 1.81. The molecule has 0 bridgehead atoms. The Kier molecular flexibility index (Phi) is 7.80. The minimum atomic E-state index is -1.000. The molecule has 1 heterocycles. The first-order chi connectivity index (χ1) is 16.8. The van der Waals surface area contributed by atoms with E-state index in [4.69, 9.17) is 33.0 Å². The Balaban J connectivity index is 1.46. The van der Waals surface area contributed by atoms with Crippen molar-refractivity contribution in [2.45, 2.75) is 13.5 Å². The molecule has 0 atom stereocenters. The van der Waals surface area contributed by atoms with E-state index in [0.717, 1.165) is 11.1 Å². The summed E-state index contributed by atoms with van der Waals surface area (Å²) >= 11 is 13.4. The summed E-state index contributed by atoms with van der Waals surface area (Å²) < 4.78 is 5.82. The number of rotatable bonds is 7. The summed E-state index contributed by atoms with van der Waals surface area (Å²) in [6.45, 7) is 2.66. The highest BCUT2D eigenvalue weighted by Gasteiger charge is 2.32. The van der Waals surface area contributed by atoms with E-state index in [2.05, 4.69) is 4.99 Å². The number of carbonyl (C=O) groups is 2. The molecule has 1 amide bonds. The van der Waals surface area contributed by atoms with E-state index in [1.54, 1.807) is 29.2 Å². The van der Waals surface area contributed by atoms with Gasteiger partial charge in [-0.3, -0.25) is 9.69 Å². The number of hydrogen-bond donors (Lipinski definition) is 1. The molecule has 0 aliphatic carbocycles. The van der Waals surface area contributed by atoms with Gasteiger partial charge in [0.05, 0.1) is 16.2 Å². The van der Waals surface area contributed by atoms with Gasteiger partial charge in [0, 0.05) is 22.2 Å². The van der Waals surface area contributed by atoms with Crippen LogP contribution < -0.4 is 4.74 Å². The van der Waals surface area contributed by atoms with Gasteiger partial charge in [0.15, 0.2) is 5.17 Å². The number of carboxylic acids is 1. The fourth-order valence-corrected chi connectivity index (χ4v) is 4.80. The zero-order valence-electron chi connectivity index (χ0n) is 18.6. The number of aromatic carboxylic acids is 1. The lowest BCUT2D eigenvalue weighted by atomic mass is 10.2. The van der Waals surface area contributed by atoms with Crippen LogP contribution in [0.2, 0.25) is 10.0 Å². The molecule has 0 spiro atoms. The third kappa shape index (κ3) is 6.06. The first-order valence-electron chi connectivity index (χ1n) is 10.6. The molecule has 178 valence electrons. The number of ether oxygens (including phenoxy) is 1. The van der Waals surface area contributed by atoms with Crippen molar-refractivity contribution in [3.05, 3.63) is 98.4 Å². The molecule has 0 unspecified atom stereocenters. The second kappa shape index (κ2) is 11.0. The predicted octanol–water partition coefficient (Wildman–Crippen LogP) is 6.89. The molecule has 3 aromatic rings. The number of thioether (sulfide) groups is 1. The van der Waals surface area contributed by atoms with Crippen molar-refractivity contribution in [3.63, 3.8) is 0 Å². The van der Waals surface area contributed by atoms with E-state index >= 15 is 0 Å². The molecule has 35 heavy (non-hydrogen) atoms. The Labute approximate surface area is 216 Å². The Morgan fingerprint density at radius 3 is 2.43 bits per heavy atom. The van der Waals surface area contributed by atoms with Crippen molar-refractivity contribution in [2.75, 3.05) is 6.54 Å². The third-order valence-corrected chi connectivity index (χ3v) is 6.72. The van der Waals surface area contributed by atoms with Gasteiger partial charge in [-0.25, -0.2) is 9.79 Å². The third-order valence-electron chi connectivity index (χ3n) is 5.13. The fourth-order valence-electron chi connectivity index (χ4n) is 3.27. The van der Waals surface area contributed by atoms with Gasteiger partial charge < -0.3 is 9.84 Å². The lowest BCUT2D eigenvalue weighted by Gasteiger charge is -2.12. The van der Waals surface area contributed by atoms with Crippen molar-refractivity contribution in [1.82, 2.24) is 4.90 Å². The highest BCUT2D eigenvalue weighted by Crippen LogP contribution is 2.34. The molecular weight excluding hydrogens is 507 g/mol. The first kappa shape index (κ1) is 24.9. The van der Waals surface area contributed by atoms with Crippen LogP contribution in [0.3, 0.4) is 0 Å². The predicted molar refractivity (Wildman–Crippen MR) is 141 cm³/mol. The monoisotopic (exact) mass is 526 g/mol. The normalized spacial score (nSPS) is 15.7. The summed E-state index contributed by atoms with van der Waals surface area (Å²) in [6, 6.07) is 18.9. The lowest BCUT2D eigenvalue weighted by molar-refractivity contribution is -0.122. The average Bonchev–Trinajstić information content (AvgIpc) is 3.13. The number of likely N-dealkylation sites (N-methyl/N-ethyl adjacent to an activating group) is 1. The Hall–Kier alpha value is -3.26. The van der Waals surface area contributed by atoms with Crippen LogP contribution in [0.5, 0.6) is 5.75 Å². The topological polar surface area (TPSA) is 79.2 Å². The first-order valence-corrected chi connectivity index (χ1v) is 12.2. The van der Waals surface area contributed by atoms with Crippen LogP contribution in [-0.4, -0.2) is 33.6 Å². The van der Waals surface area contributed by atoms with E-state index in [0.29, 0.717) is 44.7 Å². The van der Waals surface area contributed by atoms with Crippen LogP contribution in [-0.2, 0) is 11.4 Å². The quantitative estimate of drug-likeness (QED) is 0.339. The fraction of sp³-hybridized carbons (Fsp3) is 0.115. The number of halogens is 2. The molecule has 0 aromatic heterocycles. The molecule has 1 saturated heterocycles.